The number of hydrogen-bond acceptors (Lipinski definition) is 8. The van der Waals surface area contributed by atoms with Gasteiger partial charge in [0, 0.05) is 38.6 Å². The van der Waals surface area contributed by atoms with E-state index in [9.17, 15) is 24.9 Å². The summed E-state index contributed by atoms with van der Waals surface area (Å²) < 4.78 is 17.8. The first kappa shape index (κ1) is 37.3. The summed E-state index contributed by atoms with van der Waals surface area (Å²) in [4.78, 5) is 28.2. The zero-order valence-corrected chi connectivity index (χ0v) is 28.1. The minimum Gasteiger partial charge on any atom is -0.493 e. The first-order valence-electron chi connectivity index (χ1n) is 15.5. The van der Waals surface area contributed by atoms with Crippen LogP contribution in [0, 0.1) is 3.57 Å². The molecule has 1 aliphatic rings. The first-order chi connectivity index (χ1) is 20.8. The summed E-state index contributed by atoms with van der Waals surface area (Å²) in [5.74, 6) is 0.248. The van der Waals surface area contributed by atoms with E-state index < -0.39 is 24.2 Å². The summed E-state index contributed by atoms with van der Waals surface area (Å²) in [5.41, 5.74) is 0.996. The van der Waals surface area contributed by atoms with E-state index in [1.54, 1.807) is 30.2 Å². The molecule has 1 aromatic rings. The van der Waals surface area contributed by atoms with E-state index in [1.165, 1.54) is 45.6 Å². The van der Waals surface area contributed by atoms with Gasteiger partial charge >= 0.3 is 0 Å². The highest BCUT2D eigenvalue weighted by Crippen LogP contribution is 2.37. The van der Waals surface area contributed by atoms with Gasteiger partial charge in [0.1, 0.15) is 12.2 Å². The van der Waals surface area contributed by atoms with Crippen molar-refractivity contribution in [3.63, 3.8) is 0 Å². The summed E-state index contributed by atoms with van der Waals surface area (Å²) in [5, 5.41) is 33.1. The van der Waals surface area contributed by atoms with Gasteiger partial charge in [-0.3, -0.25) is 9.59 Å². The van der Waals surface area contributed by atoms with Gasteiger partial charge in [-0.05, 0) is 52.8 Å². The van der Waals surface area contributed by atoms with Crippen LogP contribution in [0.15, 0.2) is 23.8 Å². The van der Waals surface area contributed by atoms with E-state index >= 15 is 0 Å². The quantitative estimate of drug-likeness (QED) is 0.110. The topological polar surface area (TPSA) is 138 Å². The number of amides is 2. The minimum atomic E-state index is -1.14. The summed E-state index contributed by atoms with van der Waals surface area (Å²) in [6, 6.07) is 2.68. The molecular formula is C32H51IN2O8. The van der Waals surface area contributed by atoms with Crippen LogP contribution in [-0.2, 0) is 20.9 Å². The number of methoxy groups -OCH3 is 2. The van der Waals surface area contributed by atoms with Crippen LogP contribution < -0.4 is 14.8 Å². The molecule has 0 radical (unpaired) electrons. The number of nitrogens with zero attached hydrogens (tertiary/aromatic N) is 1. The molecule has 43 heavy (non-hydrogen) atoms. The van der Waals surface area contributed by atoms with Crippen molar-refractivity contribution in [3.8, 4) is 11.5 Å². The maximum Gasteiger partial charge on any atom is 0.247 e. The molecule has 2 rings (SSSR count). The largest absolute Gasteiger partial charge is 0.493 e. The Morgan fingerprint density at radius 3 is 2.33 bits per heavy atom. The van der Waals surface area contributed by atoms with Crippen molar-refractivity contribution in [2.24, 2.45) is 0 Å². The number of hydrogen-bond donors (Lipinski definition) is 4. The van der Waals surface area contributed by atoms with Crippen molar-refractivity contribution in [2.75, 3.05) is 40.5 Å². The van der Waals surface area contributed by atoms with Crippen LogP contribution >= 0.6 is 22.6 Å². The van der Waals surface area contributed by atoms with Gasteiger partial charge in [-0.2, -0.15) is 0 Å². The third-order valence-electron chi connectivity index (χ3n) is 7.69. The van der Waals surface area contributed by atoms with E-state index in [4.69, 9.17) is 14.2 Å². The van der Waals surface area contributed by atoms with E-state index in [1.807, 2.05) is 0 Å². The molecule has 244 valence electrons. The molecule has 0 bridgehead atoms. The molecule has 0 fully saturated rings. The molecule has 0 saturated heterocycles. The second-order valence-electron chi connectivity index (χ2n) is 10.9. The number of carbonyl (C=O) groups is 2. The second kappa shape index (κ2) is 20.9. The van der Waals surface area contributed by atoms with Crippen LogP contribution in [-0.4, -0.2) is 90.8 Å². The van der Waals surface area contributed by atoms with Gasteiger partial charge in [-0.1, -0.05) is 58.3 Å². The molecule has 2 amide bonds. The Balaban J connectivity index is 2.23. The predicted molar refractivity (Wildman–Crippen MR) is 174 cm³/mol. The van der Waals surface area contributed by atoms with Crippen molar-refractivity contribution in [2.45, 2.75) is 102 Å². The van der Waals surface area contributed by atoms with Crippen molar-refractivity contribution in [1.82, 2.24) is 10.2 Å². The van der Waals surface area contributed by atoms with Crippen LogP contribution in [0.2, 0.25) is 0 Å². The number of unbranched alkanes of at least 4 members (excludes halogenated alkanes) is 8. The number of halogens is 1. The third-order valence-corrected chi connectivity index (χ3v) is 8.49. The number of nitrogens with one attached hydrogen (secondary N) is 1. The summed E-state index contributed by atoms with van der Waals surface area (Å²) in [6.07, 6.45) is 10.2. The van der Waals surface area contributed by atoms with Crippen LogP contribution in [0.1, 0.15) is 83.1 Å². The molecule has 0 spiro atoms. The lowest BCUT2D eigenvalue weighted by Gasteiger charge is -2.40. The van der Waals surface area contributed by atoms with Crippen molar-refractivity contribution >= 4 is 34.4 Å². The maximum atomic E-state index is 13.6. The molecule has 1 aromatic carbocycles. The number of benzene rings is 1. The Morgan fingerprint density at radius 1 is 1.05 bits per heavy atom. The van der Waals surface area contributed by atoms with Crippen LogP contribution in [0.3, 0.4) is 0 Å². The molecule has 4 N–H and O–H groups in total. The van der Waals surface area contributed by atoms with Gasteiger partial charge < -0.3 is 39.7 Å². The molecule has 10 nitrogen and oxygen atoms in total. The minimum absolute atomic E-state index is 0.0776. The number of ether oxygens (including phenoxy) is 3. The second-order valence-corrected chi connectivity index (χ2v) is 12.1. The molecule has 0 aromatic heterocycles. The number of carbonyl (C=O) groups excluding carboxylic acids is 2. The van der Waals surface area contributed by atoms with Gasteiger partial charge in [0.05, 0.1) is 36.5 Å². The highest BCUT2D eigenvalue weighted by molar-refractivity contribution is 14.1. The molecule has 1 aliphatic carbocycles. The Morgan fingerprint density at radius 2 is 1.72 bits per heavy atom. The Kier molecular flexibility index (Phi) is 18.1. The average Bonchev–Trinajstić information content (AvgIpc) is 3.01. The fraction of sp³-hybridized carbons (Fsp3) is 0.688. The summed E-state index contributed by atoms with van der Waals surface area (Å²) in [7, 11) is 3.05. The average molecular weight is 719 g/mol. The number of aliphatic hydroxyl groups is 3. The number of rotatable bonds is 21. The molecule has 0 heterocycles. The van der Waals surface area contributed by atoms with E-state index in [0.717, 1.165) is 19.3 Å². The van der Waals surface area contributed by atoms with Gasteiger partial charge in [0.2, 0.25) is 11.8 Å². The fourth-order valence-corrected chi connectivity index (χ4v) is 6.08. The first-order valence-corrected chi connectivity index (χ1v) is 16.6. The van der Waals surface area contributed by atoms with E-state index in [0.29, 0.717) is 32.6 Å². The van der Waals surface area contributed by atoms with Crippen LogP contribution in [0.4, 0.5) is 0 Å². The normalized spacial score (nSPS) is 18.2. The van der Waals surface area contributed by atoms with Crippen molar-refractivity contribution in [3.05, 3.63) is 32.9 Å². The Bertz CT molecular complexity index is 1020. The molecule has 11 heteroatoms. The zero-order chi connectivity index (χ0) is 31.6. The van der Waals surface area contributed by atoms with Gasteiger partial charge in [-0.15, -0.1) is 0 Å². The van der Waals surface area contributed by atoms with E-state index in [-0.39, 0.29) is 45.2 Å². The van der Waals surface area contributed by atoms with Crippen molar-refractivity contribution < 1.29 is 39.1 Å². The molecular weight excluding hydrogens is 667 g/mol. The molecule has 3 unspecified atom stereocenters. The van der Waals surface area contributed by atoms with Gasteiger partial charge in [0.25, 0.3) is 0 Å². The van der Waals surface area contributed by atoms with E-state index in [2.05, 4.69) is 34.8 Å². The smallest absolute Gasteiger partial charge is 0.247 e. The van der Waals surface area contributed by atoms with Gasteiger partial charge in [0.15, 0.2) is 11.5 Å². The lowest BCUT2D eigenvalue weighted by Crippen LogP contribution is -2.55. The third kappa shape index (κ3) is 12.2. The predicted octanol–water partition coefficient (Wildman–Crippen LogP) is 4.10. The Hall–Kier alpha value is -1.93. The lowest BCUT2D eigenvalue weighted by molar-refractivity contribution is -0.139. The fourth-order valence-electron chi connectivity index (χ4n) is 5.29. The molecule has 0 saturated carbocycles. The maximum absolute atomic E-state index is 13.6. The monoisotopic (exact) mass is 718 g/mol. The van der Waals surface area contributed by atoms with Gasteiger partial charge in [-0.25, -0.2) is 0 Å². The van der Waals surface area contributed by atoms with Crippen molar-refractivity contribution in [1.29, 1.82) is 0 Å². The van der Waals surface area contributed by atoms with Crippen LogP contribution in [0.5, 0.6) is 11.5 Å². The highest BCUT2D eigenvalue weighted by atomic mass is 127. The SMILES string of the molecule is CCCCCCCCCCCC(=O)N(CCOC)C1CC(C(=O)NCCO)=CC(Oc2c(I)cc(CO)cc2OC)C1O. The zero-order valence-electron chi connectivity index (χ0n) is 26.0. The summed E-state index contributed by atoms with van der Waals surface area (Å²) in [6.45, 7) is 2.44. The molecule has 0 aliphatic heterocycles. The Labute approximate surface area is 270 Å². The lowest BCUT2D eigenvalue weighted by atomic mass is 9.88. The molecule has 3 atom stereocenters. The summed E-state index contributed by atoms with van der Waals surface area (Å²) >= 11 is 2.07. The standard InChI is InChI=1S/C32H51IN2O8/c1-4-5-6-7-8-9-10-11-12-13-29(38)35(15-17-41-2)26-20-24(32(40)34-14-16-36)21-27(30(26)39)43-31-25(33)18-23(22-37)19-28(31)42-3/h18-19,21,26-27,30,36-37,39H,4-17,20,22H2,1-3H3,(H,34,40). The number of aliphatic hydroxyl groups excluding tert-OH is 3. The van der Waals surface area contributed by atoms with Crippen LogP contribution in [0.25, 0.3) is 0 Å². The highest BCUT2D eigenvalue weighted by Gasteiger charge is 2.40.